The van der Waals surface area contributed by atoms with Crippen molar-refractivity contribution in [1.82, 2.24) is 10.6 Å². The van der Waals surface area contributed by atoms with E-state index in [1.165, 1.54) is 12.1 Å². The molecule has 3 N–H and O–H groups in total. The molecule has 0 aromatic carbocycles. The summed E-state index contributed by atoms with van der Waals surface area (Å²) in [5.74, 6) is -0.514. The van der Waals surface area contributed by atoms with Crippen LogP contribution in [0.1, 0.15) is 37.1 Å². The van der Waals surface area contributed by atoms with Crippen LogP contribution < -0.4 is 10.6 Å². The van der Waals surface area contributed by atoms with E-state index in [1.807, 2.05) is 20.8 Å². The van der Waals surface area contributed by atoms with Crippen molar-refractivity contribution in [3.63, 3.8) is 0 Å². The van der Waals surface area contributed by atoms with Crippen LogP contribution in [0.5, 0.6) is 0 Å². The molecule has 0 spiro atoms. The number of carboxylic acid groups (broad SMARTS) is 1. The molecule has 1 aromatic rings. The summed E-state index contributed by atoms with van der Waals surface area (Å²) in [5, 5.41) is 14.0. The summed E-state index contributed by atoms with van der Waals surface area (Å²) in [6, 6.07) is 2.64. The highest BCUT2D eigenvalue weighted by molar-refractivity contribution is 5.84. The van der Waals surface area contributed by atoms with Gasteiger partial charge in [-0.2, -0.15) is 0 Å². The summed E-state index contributed by atoms with van der Waals surface area (Å²) in [7, 11) is 0. The van der Waals surface area contributed by atoms with Crippen LogP contribution in [0, 0.1) is 5.92 Å². The molecule has 0 fully saturated rings. The average molecular weight is 254 g/mol. The molecule has 0 saturated carbocycles. The molecule has 1 aromatic heterocycles. The highest BCUT2D eigenvalue weighted by Crippen LogP contribution is 2.07. The van der Waals surface area contributed by atoms with Crippen molar-refractivity contribution in [3.8, 4) is 0 Å². The third kappa shape index (κ3) is 4.12. The van der Waals surface area contributed by atoms with Gasteiger partial charge in [-0.1, -0.05) is 13.8 Å². The van der Waals surface area contributed by atoms with Gasteiger partial charge in [0.2, 0.25) is 5.76 Å². The number of hydrogen-bond acceptors (Lipinski definition) is 3. The Bertz CT molecular complexity index is 425. The number of furan rings is 1. The normalized spacial score (nSPS) is 12.2. The quantitative estimate of drug-likeness (QED) is 0.747. The van der Waals surface area contributed by atoms with Gasteiger partial charge in [-0.05, 0) is 25.0 Å². The van der Waals surface area contributed by atoms with Gasteiger partial charge in [-0.3, -0.25) is 0 Å². The molecule has 0 aliphatic rings. The number of rotatable bonds is 5. The summed E-state index contributed by atoms with van der Waals surface area (Å²) < 4.78 is 5.01. The largest absolute Gasteiger partial charge is 0.475 e. The molecule has 1 atom stereocenters. The van der Waals surface area contributed by atoms with Crippen molar-refractivity contribution in [1.29, 1.82) is 0 Å². The number of carbonyl (C=O) groups is 2. The SMILES string of the molecule is CC(C)C(C)NC(=O)NCc1ccc(C(=O)O)o1. The summed E-state index contributed by atoms with van der Waals surface area (Å²) in [4.78, 5) is 22.1. The molecule has 0 aliphatic carbocycles. The number of hydrogen-bond donors (Lipinski definition) is 3. The first-order valence-electron chi connectivity index (χ1n) is 5.76. The molecule has 0 bridgehead atoms. The Morgan fingerprint density at radius 3 is 2.50 bits per heavy atom. The van der Waals surface area contributed by atoms with Crippen LogP contribution >= 0.6 is 0 Å². The van der Waals surface area contributed by atoms with Crippen molar-refractivity contribution >= 4 is 12.0 Å². The second-order valence-electron chi connectivity index (χ2n) is 4.43. The second kappa shape index (κ2) is 6.09. The fourth-order valence-corrected chi connectivity index (χ4v) is 1.18. The first-order valence-corrected chi connectivity index (χ1v) is 5.76. The number of amides is 2. The maximum absolute atomic E-state index is 11.5. The van der Waals surface area contributed by atoms with Gasteiger partial charge >= 0.3 is 12.0 Å². The van der Waals surface area contributed by atoms with Gasteiger partial charge in [-0.15, -0.1) is 0 Å². The second-order valence-corrected chi connectivity index (χ2v) is 4.43. The van der Waals surface area contributed by atoms with E-state index in [-0.39, 0.29) is 24.4 Å². The zero-order valence-electron chi connectivity index (χ0n) is 10.7. The minimum atomic E-state index is -1.13. The minimum absolute atomic E-state index is 0.0659. The third-order valence-corrected chi connectivity index (χ3v) is 2.65. The summed E-state index contributed by atoms with van der Waals surface area (Å²) in [6.07, 6.45) is 0. The number of urea groups is 1. The lowest BCUT2D eigenvalue weighted by atomic mass is 10.1. The van der Waals surface area contributed by atoms with E-state index < -0.39 is 5.97 Å². The summed E-state index contributed by atoms with van der Waals surface area (Å²) in [5.41, 5.74) is 0. The Morgan fingerprint density at radius 2 is 2.00 bits per heavy atom. The molecule has 1 rings (SSSR count). The summed E-state index contributed by atoms with van der Waals surface area (Å²) >= 11 is 0. The first-order chi connectivity index (χ1) is 8.40. The zero-order chi connectivity index (χ0) is 13.7. The molecule has 18 heavy (non-hydrogen) atoms. The van der Waals surface area contributed by atoms with E-state index in [4.69, 9.17) is 9.52 Å². The van der Waals surface area contributed by atoms with Crippen LogP contribution in [0.4, 0.5) is 4.79 Å². The van der Waals surface area contributed by atoms with Crippen molar-refractivity contribution in [2.75, 3.05) is 0 Å². The lowest BCUT2D eigenvalue weighted by molar-refractivity contribution is 0.0660. The molecular weight excluding hydrogens is 236 g/mol. The zero-order valence-corrected chi connectivity index (χ0v) is 10.7. The lowest BCUT2D eigenvalue weighted by Gasteiger charge is -2.17. The smallest absolute Gasteiger partial charge is 0.371 e. The monoisotopic (exact) mass is 254 g/mol. The van der Waals surface area contributed by atoms with Crippen molar-refractivity contribution < 1.29 is 19.1 Å². The Morgan fingerprint density at radius 1 is 1.33 bits per heavy atom. The van der Waals surface area contributed by atoms with Crippen LogP contribution in [0.2, 0.25) is 0 Å². The third-order valence-electron chi connectivity index (χ3n) is 2.65. The van der Waals surface area contributed by atoms with Gasteiger partial charge < -0.3 is 20.2 Å². The van der Waals surface area contributed by atoms with Crippen LogP contribution in [-0.4, -0.2) is 23.1 Å². The predicted octanol–water partition coefficient (Wildman–Crippen LogP) is 1.82. The number of aromatic carboxylic acids is 1. The predicted molar refractivity (Wildman–Crippen MR) is 65.3 cm³/mol. The molecule has 6 nitrogen and oxygen atoms in total. The van der Waals surface area contributed by atoms with Gasteiger partial charge in [0, 0.05) is 6.04 Å². The fourth-order valence-electron chi connectivity index (χ4n) is 1.18. The Labute approximate surface area is 105 Å². The fraction of sp³-hybridized carbons (Fsp3) is 0.500. The van der Waals surface area contributed by atoms with E-state index in [9.17, 15) is 9.59 Å². The van der Waals surface area contributed by atoms with Gasteiger partial charge in [-0.25, -0.2) is 9.59 Å². The topological polar surface area (TPSA) is 91.6 Å². The molecule has 0 radical (unpaired) electrons. The molecule has 6 heteroatoms. The molecule has 2 amide bonds. The maximum Gasteiger partial charge on any atom is 0.371 e. The highest BCUT2D eigenvalue weighted by Gasteiger charge is 2.12. The van der Waals surface area contributed by atoms with Crippen molar-refractivity contribution in [3.05, 3.63) is 23.7 Å². The van der Waals surface area contributed by atoms with Crippen LogP contribution in [0.25, 0.3) is 0 Å². The number of nitrogens with one attached hydrogen (secondary N) is 2. The number of carbonyl (C=O) groups excluding carboxylic acids is 1. The number of carboxylic acids is 1. The van der Waals surface area contributed by atoms with E-state index in [2.05, 4.69) is 10.6 Å². The molecule has 1 heterocycles. The van der Waals surface area contributed by atoms with Crippen molar-refractivity contribution in [2.24, 2.45) is 5.92 Å². The first kappa shape index (κ1) is 14.1. The van der Waals surface area contributed by atoms with Gasteiger partial charge in [0.05, 0.1) is 6.54 Å². The highest BCUT2D eigenvalue weighted by atomic mass is 16.4. The van der Waals surface area contributed by atoms with Gasteiger partial charge in [0.15, 0.2) is 0 Å². The molecule has 0 saturated heterocycles. The minimum Gasteiger partial charge on any atom is -0.475 e. The molecule has 100 valence electrons. The average Bonchev–Trinajstić information content (AvgIpc) is 2.74. The van der Waals surface area contributed by atoms with Crippen LogP contribution in [0.15, 0.2) is 16.5 Å². The Kier molecular flexibility index (Phi) is 4.76. The van der Waals surface area contributed by atoms with Crippen LogP contribution in [-0.2, 0) is 6.54 Å². The van der Waals surface area contributed by atoms with Gasteiger partial charge in [0.1, 0.15) is 5.76 Å². The van der Waals surface area contributed by atoms with E-state index in [0.717, 1.165) is 0 Å². The van der Waals surface area contributed by atoms with Gasteiger partial charge in [0.25, 0.3) is 0 Å². The Balaban J connectivity index is 2.40. The Hall–Kier alpha value is -1.98. The summed E-state index contributed by atoms with van der Waals surface area (Å²) in [6.45, 7) is 6.09. The molecule has 0 aliphatic heterocycles. The maximum atomic E-state index is 11.5. The lowest BCUT2D eigenvalue weighted by Crippen LogP contribution is -2.42. The van der Waals surface area contributed by atoms with Crippen molar-refractivity contribution in [2.45, 2.75) is 33.4 Å². The van der Waals surface area contributed by atoms with E-state index in [0.29, 0.717) is 11.7 Å². The van der Waals surface area contributed by atoms with Crippen LogP contribution in [0.3, 0.4) is 0 Å². The molecule has 1 unspecified atom stereocenters. The van der Waals surface area contributed by atoms with E-state index >= 15 is 0 Å². The standard InChI is InChI=1S/C12H18N2O4/c1-7(2)8(3)14-12(17)13-6-9-4-5-10(18-9)11(15)16/h4-5,7-8H,6H2,1-3H3,(H,15,16)(H2,13,14,17). The van der Waals surface area contributed by atoms with E-state index in [1.54, 1.807) is 0 Å². The molecular formula is C12H18N2O4.